The predicted octanol–water partition coefficient (Wildman–Crippen LogP) is 4.23. The number of hydrazone groups is 1. The van der Waals surface area contributed by atoms with Crippen LogP contribution in [0.15, 0.2) is 65.7 Å². The second-order valence-corrected chi connectivity index (χ2v) is 7.96. The number of rotatable bonds is 7. The van der Waals surface area contributed by atoms with Crippen molar-refractivity contribution < 1.29 is 13.9 Å². The average molecular weight is 440 g/mol. The van der Waals surface area contributed by atoms with E-state index in [1.165, 1.54) is 10.7 Å². The molecule has 0 N–H and O–H groups in total. The molecule has 1 saturated heterocycles. The third-order valence-electron chi connectivity index (χ3n) is 4.93. The van der Waals surface area contributed by atoms with Crippen LogP contribution in [0.2, 0.25) is 0 Å². The van der Waals surface area contributed by atoms with Crippen LogP contribution in [0.3, 0.4) is 0 Å². The molecule has 1 aromatic heterocycles. The normalized spacial score (nSPS) is 17.2. The van der Waals surface area contributed by atoms with Gasteiger partial charge in [0, 0.05) is 24.7 Å². The highest BCUT2D eigenvalue weighted by molar-refractivity contribution is 5.92. The second kappa shape index (κ2) is 10.4. The number of aromatic nitrogens is 2. The van der Waals surface area contributed by atoms with Crippen LogP contribution >= 0.6 is 0 Å². The third kappa shape index (κ3) is 5.31. The van der Waals surface area contributed by atoms with Crippen molar-refractivity contribution in [2.45, 2.75) is 33.8 Å². The number of carbonyl (C=O) groups is 1. The molecular formula is C24H30FN5O2. The van der Waals surface area contributed by atoms with Gasteiger partial charge in [0.25, 0.3) is 5.91 Å². The molecule has 8 heteroatoms. The van der Waals surface area contributed by atoms with E-state index >= 15 is 0 Å². The standard InChI is InChI=1S/C24H30FN5O2/c1-6-26-30(18(4)5)22(15-17(2)3)23-16-28(13-14-32-23)24(31)20-11-12-29(27-20)21-10-8-7-9-19(21)25/h6-12,15,17,23H,4,13-14,16H2,1-3,5H3/b22-15-,26-6-. The van der Waals surface area contributed by atoms with E-state index in [0.717, 1.165) is 11.4 Å². The van der Waals surface area contributed by atoms with Gasteiger partial charge in [0.05, 0.1) is 18.8 Å². The largest absolute Gasteiger partial charge is 0.368 e. The predicted molar refractivity (Wildman–Crippen MR) is 123 cm³/mol. The van der Waals surface area contributed by atoms with Crippen molar-refractivity contribution in [3.05, 3.63) is 72.1 Å². The summed E-state index contributed by atoms with van der Waals surface area (Å²) in [6.07, 6.45) is 5.01. The van der Waals surface area contributed by atoms with Crippen molar-refractivity contribution in [1.29, 1.82) is 0 Å². The number of benzene rings is 1. The van der Waals surface area contributed by atoms with E-state index in [1.807, 2.05) is 13.8 Å². The minimum absolute atomic E-state index is 0.224. The lowest BCUT2D eigenvalue weighted by Gasteiger charge is -2.36. The van der Waals surface area contributed by atoms with Crippen LogP contribution in [-0.2, 0) is 4.74 Å². The van der Waals surface area contributed by atoms with Gasteiger partial charge in [0.15, 0.2) is 5.69 Å². The number of ether oxygens (including phenoxy) is 1. The molecule has 1 aromatic carbocycles. The summed E-state index contributed by atoms with van der Waals surface area (Å²) in [4.78, 5) is 14.9. The molecule has 1 atom stereocenters. The molecule has 2 aromatic rings. The van der Waals surface area contributed by atoms with E-state index in [-0.39, 0.29) is 23.6 Å². The zero-order chi connectivity index (χ0) is 23.3. The van der Waals surface area contributed by atoms with Gasteiger partial charge in [-0.05, 0) is 38.0 Å². The number of carbonyl (C=O) groups excluding carboxylic acids is 1. The van der Waals surface area contributed by atoms with Gasteiger partial charge >= 0.3 is 0 Å². The molecule has 1 aliphatic heterocycles. The van der Waals surface area contributed by atoms with Crippen molar-refractivity contribution in [3.8, 4) is 5.69 Å². The molecular weight excluding hydrogens is 409 g/mol. The van der Waals surface area contributed by atoms with E-state index in [2.05, 4.69) is 36.7 Å². The maximum Gasteiger partial charge on any atom is 0.274 e. The number of halogens is 1. The van der Waals surface area contributed by atoms with E-state index < -0.39 is 5.82 Å². The molecule has 7 nitrogen and oxygen atoms in total. The van der Waals surface area contributed by atoms with Gasteiger partial charge < -0.3 is 9.64 Å². The number of morpholine rings is 1. The number of amides is 1. The van der Waals surface area contributed by atoms with Crippen molar-refractivity contribution in [2.24, 2.45) is 11.0 Å². The summed E-state index contributed by atoms with van der Waals surface area (Å²) in [5, 5.41) is 10.5. The van der Waals surface area contributed by atoms with Crippen LogP contribution < -0.4 is 0 Å². The van der Waals surface area contributed by atoms with Crippen LogP contribution in [0.1, 0.15) is 38.2 Å². The lowest BCUT2D eigenvalue weighted by molar-refractivity contribution is -0.0142. The first kappa shape index (κ1) is 23.4. The fourth-order valence-electron chi connectivity index (χ4n) is 3.54. The third-order valence-corrected chi connectivity index (χ3v) is 4.93. The molecule has 1 aliphatic rings. The van der Waals surface area contributed by atoms with Crippen LogP contribution in [0, 0.1) is 11.7 Å². The van der Waals surface area contributed by atoms with Crippen LogP contribution in [0.5, 0.6) is 0 Å². The smallest absolute Gasteiger partial charge is 0.274 e. The van der Waals surface area contributed by atoms with Gasteiger partial charge in [-0.3, -0.25) is 4.79 Å². The molecule has 2 heterocycles. The number of hydrogen-bond donors (Lipinski definition) is 0. The molecule has 0 saturated carbocycles. The molecule has 0 aliphatic carbocycles. The first-order valence-corrected chi connectivity index (χ1v) is 10.7. The maximum absolute atomic E-state index is 14.1. The van der Waals surface area contributed by atoms with E-state index in [4.69, 9.17) is 4.74 Å². The van der Waals surface area contributed by atoms with Crippen molar-refractivity contribution in [3.63, 3.8) is 0 Å². The van der Waals surface area contributed by atoms with E-state index in [1.54, 1.807) is 46.6 Å². The molecule has 1 fully saturated rings. The van der Waals surface area contributed by atoms with Crippen LogP contribution in [-0.4, -0.2) is 57.6 Å². The minimum Gasteiger partial charge on any atom is -0.368 e. The Balaban J connectivity index is 1.82. The number of hydrogen-bond acceptors (Lipinski definition) is 5. The lowest BCUT2D eigenvalue weighted by Crippen LogP contribution is -2.48. The number of para-hydroxylation sites is 1. The highest BCUT2D eigenvalue weighted by atomic mass is 19.1. The second-order valence-electron chi connectivity index (χ2n) is 7.96. The Bertz CT molecular complexity index is 1030. The lowest BCUT2D eigenvalue weighted by atomic mass is 10.1. The summed E-state index contributed by atoms with van der Waals surface area (Å²) in [5.74, 6) is -0.371. The Hall–Kier alpha value is -3.26. The molecule has 1 amide bonds. The van der Waals surface area contributed by atoms with Crippen molar-refractivity contribution in [2.75, 3.05) is 19.7 Å². The zero-order valence-corrected chi connectivity index (χ0v) is 19.0. The Morgan fingerprint density at radius 1 is 1.38 bits per heavy atom. The molecule has 170 valence electrons. The summed E-state index contributed by atoms with van der Waals surface area (Å²) in [6, 6.07) is 7.92. The molecule has 32 heavy (non-hydrogen) atoms. The Morgan fingerprint density at radius 2 is 2.12 bits per heavy atom. The first-order valence-electron chi connectivity index (χ1n) is 10.7. The molecule has 0 spiro atoms. The summed E-state index contributed by atoms with van der Waals surface area (Å²) in [5.41, 5.74) is 2.15. The highest BCUT2D eigenvalue weighted by Crippen LogP contribution is 2.24. The zero-order valence-electron chi connectivity index (χ0n) is 19.0. The van der Waals surface area contributed by atoms with Crippen molar-refractivity contribution >= 4 is 12.1 Å². The van der Waals surface area contributed by atoms with Gasteiger partial charge in [-0.1, -0.05) is 38.6 Å². The van der Waals surface area contributed by atoms with Crippen LogP contribution in [0.4, 0.5) is 4.39 Å². The Morgan fingerprint density at radius 3 is 2.78 bits per heavy atom. The topological polar surface area (TPSA) is 63.0 Å². The molecule has 1 unspecified atom stereocenters. The minimum atomic E-state index is -0.402. The van der Waals surface area contributed by atoms with Crippen molar-refractivity contribution in [1.82, 2.24) is 19.7 Å². The summed E-state index contributed by atoms with van der Waals surface area (Å²) >= 11 is 0. The van der Waals surface area contributed by atoms with E-state index in [0.29, 0.717) is 25.4 Å². The monoisotopic (exact) mass is 439 g/mol. The van der Waals surface area contributed by atoms with Gasteiger partial charge in [-0.15, -0.1) is 0 Å². The molecule has 0 radical (unpaired) electrons. The Kier molecular flexibility index (Phi) is 7.58. The molecule has 0 bridgehead atoms. The number of nitrogens with zero attached hydrogens (tertiary/aromatic N) is 5. The average Bonchev–Trinajstić information content (AvgIpc) is 3.25. The summed E-state index contributed by atoms with van der Waals surface area (Å²) < 4.78 is 21.5. The number of allylic oxidation sites excluding steroid dienone is 2. The first-order chi connectivity index (χ1) is 15.3. The molecule has 3 rings (SSSR count). The highest BCUT2D eigenvalue weighted by Gasteiger charge is 2.31. The van der Waals surface area contributed by atoms with Gasteiger partial charge in [-0.2, -0.15) is 10.2 Å². The fraction of sp³-hybridized carbons (Fsp3) is 0.375. The fourth-order valence-corrected chi connectivity index (χ4v) is 3.54. The SMILES string of the molecule is C=C(C)N(/N=C\C)/C(=C\C(C)C)C1CN(C(=O)c2ccn(-c3ccccc3F)n2)CCO1. The quantitative estimate of drug-likeness (QED) is 0.478. The van der Waals surface area contributed by atoms with Gasteiger partial charge in [0.1, 0.15) is 17.6 Å². The van der Waals surface area contributed by atoms with Gasteiger partial charge in [0.2, 0.25) is 0 Å². The Labute approximate surface area is 188 Å². The van der Waals surface area contributed by atoms with Crippen LogP contribution in [0.25, 0.3) is 5.69 Å². The maximum atomic E-state index is 14.1. The van der Waals surface area contributed by atoms with E-state index in [9.17, 15) is 9.18 Å². The van der Waals surface area contributed by atoms with Gasteiger partial charge in [-0.25, -0.2) is 14.1 Å². The summed E-state index contributed by atoms with van der Waals surface area (Å²) in [7, 11) is 0. The summed E-state index contributed by atoms with van der Waals surface area (Å²) in [6.45, 7) is 13.1.